The summed E-state index contributed by atoms with van der Waals surface area (Å²) in [5.41, 5.74) is 1.23. The Hall–Kier alpha value is -1.44. The van der Waals surface area contributed by atoms with Crippen molar-refractivity contribution < 1.29 is 21.6 Å². The molecule has 0 heterocycles. The normalized spacial score (nSPS) is 12.5. The van der Waals surface area contributed by atoms with Gasteiger partial charge in [-0.3, -0.25) is 4.72 Å². The van der Waals surface area contributed by atoms with Gasteiger partial charge in [0.2, 0.25) is 0 Å². The van der Waals surface area contributed by atoms with Gasteiger partial charge in [-0.1, -0.05) is 6.07 Å². The fourth-order valence-electron chi connectivity index (χ4n) is 1.18. The van der Waals surface area contributed by atoms with E-state index in [4.69, 9.17) is 5.73 Å². The van der Waals surface area contributed by atoms with Gasteiger partial charge in [0.1, 0.15) is 0 Å². The number of nitrogens with two attached hydrogens (primary N) is 1. The van der Waals surface area contributed by atoms with Crippen molar-refractivity contribution in [1.29, 1.82) is 0 Å². The van der Waals surface area contributed by atoms with Crippen LogP contribution in [0.4, 0.5) is 24.5 Å². The first-order valence-electron chi connectivity index (χ1n) is 4.50. The first-order chi connectivity index (χ1) is 7.54. The van der Waals surface area contributed by atoms with Crippen LogP contribution in [0.5, 0.6) is 0 Å². The summed E-state index contributed by atoms with van der Waals surface area (Å²) in [6, 6.07) is 2.66. The average Bonchev–Trinajstić information content (AvgIpc) is 2.12. The largest absolute Gasteiger partial charge is 0.516 e. The van der Waals surface area contributed by atoms with Crippen LogP contribution in [0, 0.1) is 13.8 Å². The van der Waals surface area contributed by atoms with Gasteiger partial charge in [-0.15, -0.1) is 0 Å². The highest BCUT2D eigenvalue weighted by atomic mass is 32.2. The zero-order valence-electron chi connectivity index (χ0n) is 9.09. The number of nitrogens with one attached hydrogen (secondary N) is 1. The molecule has 96 valence electrons. The van der Waals surface area contributed by atoms with Crippen molar-refractivity contribution in [2.45, 2.75) is 19.4 Å². The van der Waals surface area contributed by atoms with E-state index < -0.39 is 15.5 Å². The van der Waals surface area contributed by atoms with Gasteiger partial charge >= 0.3 is 15.5 Å². The fraction of sp³-hybridized carbons (Fsp3) is 0.333. The number of halogens is 3. The molecule has 0 amide bonds. The van der Waals surface area contributed by atoms with Crippen molar-refractivity contribution in [3.05, 3.63) is 23.3 Å². The highest BCUT2D eigenvalue weighted by Gasteiger charge is 2.46. The first-order valence-corrected chi connectivity index (χ1v) is 5.99. The van der Waals surface area contributed by atoms with Gasteiger partial charge in [-0.05, 0) is 31.0 Å². The van der Waals surface area contributed by atoms with E-state index in [2.05, 4.69) is 0 Å². The van der Waals surface area contributed by atoms with Gasteiger partial charge in [-0.2, -0.15) is 21.6 Å². The summed E-state index contributed by atoms with van der Waals surface area (Å²) in [4.78, 5) is 0. The highest BCUT2D eigenvalue weighted by Crippen LogP contribution is 2.28. The third kappa shape index (κ3) is 2.82. The summed E-state index contributed by atoms with van der Waals surface area (Å²) in [7, 11) is -5.41. The standard InChI is InChI=1S/C9H11F3N2O2S/c1-5-3-6(2)8(4-7(5)13)14-17(15,16)9(10,11)12/h3-4,14H,13H2,1-2H3. The summed E-state index contributed by atoms with van der Waals surface area (Å²) in [5, 5.41) is 0. The van der Waals surface area contributed by atoms with Crippen molar-refractivity contribution in [2.24, 2.45) is 0 Å². The number of hydrogen-bond donors (Lipinski definition) is 2. The second-order valence-electron chi connectivity index (χ2n) is 3.57. The van der Waals surface area contributed by atoms with Crippen molar-refractivity contribution in [3.8, 4) is 0 Å². The molecule has 0 aromatic heterocycles. The number of rotatable bonds is 2. The highest BCUT2D eigenvalue weighted by molar-refractivity contribution is 7.93. The van der Waals surface area contributed by atoms with E-state index in [1.807, 2.05) is 0 Å². The lowest BCUT2D eigenvalue weighted by Gasteiger charge is -2.14. The predicted octanol–water partition coefficient (Wildman–Crippen LogP) is 2.15. The Kier molecular flexibility index (Phi) is 3.28. The van der Waals surface area contributed by atoms with Crippen LogP contribution < -0.4 is 10.5 Å². The molecule has 17 heavy (non-hydrogen) atoms. The van der Waals surface area contributed by atoms with E-state index >= 15 is 0 Å². The molecule has 8 heteroatoms. The molecule has 0 saturated heterocycles. The third-order valence-corrected chi connectivity index (χ3v) is 3.26. The minimum Gasteiger partial charge on any atom is -0.398 e. The molecule has 3 N–H and O–H groups in total. The van der Waals surface area contributed by atoms with Crippen LogP contribution in [0.25, 0.3) is 0 Å². The Morgan fingerprint density at radius 3 is 2.18 bits per heavy atom. The smallest absolute Gasteiger partial charge is 0.398 e. The number of nitrogen functional groups attached to an aromatic ring is 1. The van der Waals surface area contributed by atoms with Gasteiger partial charge in [-0.25, -0.2) is 0 Å². The second-order valence-corrected chi connectivity index (χ2v) is 5.25. The van der Waals surface area contributed by atoms with Crippen LogP contribution in [-0.2, 0) is 10.0 Å². The zero-order valence-corrected chi connectivity index (χ0v) is 9.91. The number of sulfonamides is 1. The van der Waals surface area contributed by atoms with Crippen LogP contribution in [0.3, 0.4) is 0 Å². The fourth-order valence-corrected chi connectivity index (χ4v) is 1.81. The number of anilines is 2. The molecule has 1 aromatic rings. The molecule has 0 spiro atoms. The van der Waals surface area contributed by atoms with Crippen molar-refractivity contribution in [2.75, 3.05) is 10.5 Å². The lowest BCUT2D eigenvalue weighted by molar-refractivity contribution is -0.0429. The monoisotopic (exact) mass is 268 g/mol. The quantitative estimate of drug-likeness (QED) is 0.807. The molecular weight excluding hydrogens is 257 g/mol. The van der Waals surface area contributed by atoms with Crippen LogP contribution >= 0.6 is 0 Å². The molecule has 0 saturated carbocycles. The second kappa shape index (κ2) is 4.10. The number of alkyl halides is 3. The lowest BCUT2D eigenvalue weighted by Crippen LogP contribution is -2.30. The molecule has 0 aliphatic heterocycles. The lowest BCUT2D eigenvalue weighted by atomic mass is 10.1. The zero-order chi connectivity index (χ0) is 13.4. The Balaban J connectivity index is 3.18. The number of hydrogen-bond acceptors (Lipinski definition) is 3. The van der Waals surface area contributed by atoms with Crippen molar-refractivity contribution in [1.82, 2.24) is 0 Å². The van der Waals surface area contributed by atoms with E-state index in [0.717, 1.165) is 6.07 Å². The maximum Gasteiger partial charge on any atom is 0.516 e. The Morgan fingerprint density at radius 1 is 1.18 bits per heavy atom. The Morgan fingerprint density at radius 2 is 1.71 bits per heavy atom. The third-order valence-electron chi connectivity index (χ3n) is 2.16. The molecule has 4 nitrogen and oxygen atoms in total. The van der Waals surface area contributed by atoms with E-state index in [1.165, 1.54) is 17.7 Å². The van der Waals surface area contributed by atoms with Crippen LogP contribution in [-0.4, -0.2) is 13.9 Å². The number of benzene rings is 1. The molecule has 0 unspecified atom stereocenters. The minimum absolute atomic E-state index is 0.176. The van der Waals surface area contributed by atoms with E-state index in [1.54, 1.807) is 6.92 Å². The summed E-state index contributed by atoms with van der Waals surface area (Å²) in [6.07, 6.45) is 0. The van der Waals surface area contributed by atoms with Crippen LogP contribution in [0.1, 0.15) is 11.1 Å². The maximum absolute atomic E-state index is 12.1. The minimum atomic E-state index is -5.41. The summed E-state index contributed by atoms with van der Waals surface area (Å²) >= 11 is 0. The van der Waals surface area contributed by atoms with Gasteiger partial charge in [0.25, 0.3) is 0 Å². The Bertz CT molecular complexity index is 538. The molecule has 0 aliphatic carbocycles. The predicted molar refractivity (Wildman–Crippen MR) is 58.9 cm³/mol. The first kappa shape index (κ1) is 13.6. The van der Waals surface area contributed by atoms with Crippen molar-refractivity contribution in [3.63, 3.8) is 0 Å². The maximum atomic E-state index is 12.1. The van der Waals surface area contributed by atoms with Gasteiger partial charge in [0.15, 0.2) is 0 Å². The van der Waals surface area contributed by atoms with Gasteiger partial charge in [0.05, 0.1) is 5.69 Å². The molecule has 0 radical (unpaired) electrons. The number of aryl methyl sites for hydroxylation is 2. The molecule has 0 fully saturated rings. The Labute approximate surface area is 96.7 Å². The topological polar surface area (TPSA) is 72.2 Å². The van der Waals surface area contributed by atoms with Crippen LogP contribution in [0.2, 0.25) is 0 Å². The molecule has 0 bridgehead atoms. The average molecular weight is 268 g/mol. The molecule has 1 rings (SSSR count). The van der Waals surface area contributed by atoms with E-state index in [-0.39, 0.29) is 11.4 Å². The van der Waals surface area contributed by atoms with E-state index in [0.29, 0.717) is 11.1 Å². The summed E-state index contributed by atoms with van der Waals surface area (Å²) in [5.74, 6) is 0. The summed E-state index contributed by atoms with van der Waals surface area (Å²) < 4.78 is 59.7. The SMILES string of the molecule is Cc1cc(C)c(NS(=O)(=O)C(F)(F)F)cc1N. The summed E-state index contributed by atoms with van der Waals surface area (Å²) in [6.45, 7) is 3.16. The molecule has 0 atom stereocenters. The molecular formula is C9H11F3N2O2S. The molecule has 1 aromatic carbocycles. The molecule has 0 aliphatic rings. The van der Waals surface area contributed by atoms with Gasteiger partial charge < -0.3 is 5.73 Å². The van der Waals surface area contributed by atoms with Crippen LogP contribution in [0.15, 0.2) is 12.1 Å². The van der Waals surface area contributed by atoms with Crippen molar-refractivity contribution >= 4 is 21.4 Å². The van der Waals surface area contributed by atoms with Gasteiger partial charge in [0, 0.05) is 5.69 Å². The van der Waals surface area contributed by atoms with E-state index in [9.17, 15) is 21.6 Å².